The van der Waals surface area contributed by atoms with Crippen molar-refractivity contribution in [3.05, 3.63) is 23.8 Å². The molecule has 0 spiro atoms. The van der Waals surface area contributed by atoms with Gasteiger partial charge >= 0.3 is 6.03 Å². The van der Waals surface area contributed by atoms with Gasteiger partial charge in [0.15, 0.2) is 0 Å². The van der Waals surface area contributed by atoms with Crippen LogP contribution in [0.2, 0.25) is 0 Å². The molecule has 0 fully saturated rings. The number of nitrogens with zero attached hydrogens (tertiary/aromatic N) is 3. The van der Waals surface area contributed by atoms with Crippen LogP contribution in [-0.4, -0.2) is 33.3 Å². The minimum absolute atomic E-state index is 0.0400. The summed E-state index contributed by atoms with van der Waals surface area (Å²) in [5.41, 5.74) is 2.86. The maximum atomic E-state index is 12.0. The van der Waals surface area contributed by atoms with E-state index in [2.05, 4.69) is 27.9 Å². The van der Waals surface area contributed by atoms with Crippen LogP contribution in [0.3, 0.4) is 0 Å². The number of carbonyl (C=O) groups excluding carboxylic acids is 1. The van der Waals surface area contributed by atoms with E-state index in [1.807, 2.05) is 18.2 Å². The van der Waals surface area contributed by atoms with Crippen molar-refractivity contribution in [1.82, 2.24) is 19.0 Å². The molecular weight excluding hydrogens is 272 g/mol. The van der Waals surface area contributed by atoms with Crippen LogP contribution in [0.15, 0.2) is 18.2 Å². The van der Waals surface area contributed by atoms with Crippen molar-refractivity contribution in [1.29, 1.82) is 0 Å². The van der Waals surface area contributed by atoms with Gasteiger partial charge in [-0.05, 0) is 23.6 Å². The molecule has 20 heavy (non-hydrogen) atoms. The third-order valence-corrected chi connectivity index (χ3v) is 3.94. The highest BCUT2D eigenvalue weighted by Crippen LogP contribution is 2.14. The number of carbonyl (C=O) groups is 1. The number of amides is 2. The smallest absolute Gasteiger partial charge is 0.317 e. The van der Waals surface area contributed by atoms with Crippen LogP contribution in [0.4, 0.5) is 4.79 Å². The summed E-state index contributed by atoms with van der Waals surface area (Å²) in [6.45, 7) is 5.54. The number of benzene rings is 1. The number of fused-ring (bicyclic) bond motifs is 1. The molecule has 0 aliphatic heterocycles. The van der Waals surface area contributed by atoms with Crippen molar-refractivity contribution in [3.63, 3.8) is 0 Å². The lowest BCUT2D eigenvalue weighted by atomic mass is 10.1. The monoisotopic (exact) mass is 292 g/mol. The number of aromatic nitrogens is 2. The third kappa shape index (κ3) is 3.66. The fraction of sp³-hybridized carbons (Fsp3) is 0.500. The Balaban J connectivity index is 1.92. The van der Waals surface area contributed by atoms with Crippen LogP contribution < -0.4 is 5.32 Å². The molecule has 1 heterocycles. The van der Waals surface area contributed by atoms with Gasteiger partial charge < -0.3 is 10.2 Å². The van der Waals surface area contributed by atoms with Crippen LogP contribution in [0.1, 0.15) is 25.8 Å². The summed E-state index contributed by atoms with van der Waals surface area (Å²) in [7, 11) is 1.80. The minimum Gasteiger partial charge on any atom is -0.338 e. The van der Waals surface area contributed by atoms with Gasteiger partial charge in [-0.2, -0.15) is 8.75 Å². The molecule has 1 aromatic carbocycles. The first-order valence-electron chi connectivity index (χ1n) is 6.80. The molecule has 0 aliphatic rings. The molecule has 2 aromatic rings. The fourth-order valence-corrected chi connectivity index (χ4v) is 2.33. The molecule has 108 valence electrons. The van der Waals surface area contributed by atoms with Crippen molar-refractivity contribution >= 4 is 28.8 Å². The molecule has 6 heteroatoms. The van der Waals surface area contributed by atoms with E-state index < -0.39 is 0 Å². The Morgan fingerprint density at radius 3 is 2.90 bits per heavy atom. The SMILES string of the molecule is CCC(C)CNC(=O)N(C)Cc1ccc2nsnc2c1. The first-order valence-corrected chi connectivity index (χ1v) is 7.53. The third-order valence-electron chi connectivity index (χ3n) is 3.38. The summed E-state index contributed by atoms with van der Waals surface area (Å²) >= 11 is 1.21. The molecule has 1 aromatic heterocycles. The second-order valence-corrected chi connectivity index (χ2v) is 5.67. The average Bonchev–Trinajstić information content (AvgIpc) is 2.91. The lowest BCUT2D eigenvalue weighted by molar-refractivity contribution is 0.205. The van der Waals surface area contributed by atoms with Gasteiger partial charge in [0.25, 0.3) is 0 Å². The molecule has 0 aliphatic carbocycles. The van der Waals surface area contributed by atoms with E-state index in [4.69, 9.17) is 0 Å². The largest absolute Gasteiger partial charge is 0.338 e. The molecule has 1 atom stereocenters. The van der Waals surface area contributed by atoms with E-state index in [-0.39, 0.29) is 6.03 Å². The maximum Gasteiger partial charge on any atom is 0.317 e. The Labute approximate surface area is 123 Å². The standard InChI is InChI=1S/C14H20N4OS/c1-4-10(2)8-15-14(19)18(3)9-11-5-6-12-13(7-11)17-20-16-12/h5-7,10H,4,8-9H2,1-3H3,(H,15,19). The van der Waals surface area contributed by atoms with E-state index in [9.17, 15) is 4.79 Å². The predicted molar refractivity (Wildman–Crippen MR) is 81.7 cm³/mol. The predicted octanol–water partition coefficient (Wildman–Crippen LogP) is 2.88. The molecule has 0 saturated heterocycles. The van der Waals surface area contributed by atoms with Crippen molar-refractivity contribution in [2.24, 2.45) is 5.92 Å². The van der Waals surface area contributed by atoms with Gasteiger partial charge in [-0.1, -0.05) is 26.3 Å². The highest BCUT2D eigenvalue weighted by molar-refractivity contribution is 7.00. The van der Waals surface area contributed by atoms with Crippen LogP contribution in [-0.2, 0) is 6.54 Å². The van der Waals surface area contributed by atoms with Gasteiger partial charge in [0.1, 0.15) is 11.0 Å². The molecule has 0 radical (unpaired) electrons. The van der Waals surface area contributed by atoms with Gasteiger partial charge in [0.2, 0.25) is 0 Å². The zero-order chi connectivity index (χ0) is 14.5. The van der Waals surface area contributed by atoms with E-state index in [1.165, 1.54) is 11.7 Å². The zero-order valence-corrected chi connectivity index (χ0v) is 12.9. The average molecular weight is 292 g/mol. The van der Waals surface area contributed by atoms with Crippen molar-refractivity contribution < 1.29 is 4.79 Å². The summed E-state index contributed by atoms with van der Waals surface area (Å²) in [5, 5.41) is 2.95. The van der Waals surface area contributed by atoms with E-state index in [0.717, 1.165) is 23.0 Å². The Bertz CT molecular complexity index is 583. The summed E-state index contributed by atoms with van der Waals surface area (Å²) in [6.07, 6.45) is 1.07. The fourth-order valence-electron chi connectivity index (χ4n) is 1.81. The Hall–Kier alpha value is -1.69. The van der Waals surface area contributed by atoms with Gasteiger partial charge in [-0.25, -0.2) is 4.79 Å². The van der Waals surface area contributed by atoms with E-state index >= 15 is 0 Å². The summed E-state index contributed by atoms with van der Waals surface area (Å²) in [6, 6.07) is 5.88. The lowest BCUT2D eigenvalue weighted by Gasteiger charge is -2.19. The molecular formula is C14H20N4OS. The molecule has 1 N–H and O–H groups in total. The Morgan fingerprint density at radius 1 is 1.40 bits per heavy atom. The molecule has 5 nitrogen and oxygen atoms in total. The van der Waals surface area contributed by atoms with E-state index in [1.54, 1.807) is 11.9 Å². The second-order valence-electron chi connectivity index (χ2n) is 5.14. The molecule has 0 bridgehead atoms. The number of hydrogen-bond acceptors (Lipinski definition) is 4. The molecule has 2 rings (SSSR count). The van der Waals surface area contributed by atoms with Crippen LogP contribution >= 0.6 is 11.7 Å². The first kappa shape index (κ1) is 14.7. The minimum atomic E-state index is -0.0400. The number of nitrogens with one attached hydrogen (secondary N) is 1. The van der Waals surface area contributed by atoms with Crippen molar-refractivity contribution in [2.45, 2.75) is 26.8 Å². The molecule has 1 unspecified atom stereocenters. The highest BCUT2D eigenvalue weighted by Gasteiger charge is 2.10. The van der Waals surface area contributed by atoms with Crippen LogP contribution in [0.25, 0.3) is 11.0 Å². The molecule has 0 saturated carbocycles. The Kier molecular flexibility index (Phi) is 4.89. The van der Waals surface area contributed by atoms with Crippen LogP contribution in [0, 0.1) is 5.92 Å². The summed E-state index contributed by atoms with van der Waals surface area (Å²) < 4.78 is 8.38. The van der Waals surface area contributed by atoms with Crippen molar-refractivity contribution in [2.75, 3.05) is 13.6 Å². The quantitative estimate of drug-likeness (QED) is 0.922. The van der Waals surface area contributed by atoms with Gasteiger partial charge in [-0.3, -0.25) is 0 Å². The zero-order valence-electron chi connectivity index (χ0n) is 12.1. The normalized spacial score (nSPS) is 12.3. The summed E-state index contributed by atoms with van der Waals surface area (Å²) in [5.74, 6) is 0.504. The van der Waals surface area contributed by atoms with Crippen molar-refractivity contribution in [3.8, 4) is 0 Å². The van der Waals surface area contributed by atoms with E-state index in [0.29, 0.717) is 19.0 Å². The second kappa shape index (κ2) is 6.65. The maximum absolute atomic E-state index is 12.0. The molecule has 2 amide bonds. The highest BCUT2D eigenvalue weighted by atomic mass is 32.1. The number of rotatable bonds is 5. The Morgan fingerprint density at radius 2 is 2.15 bits per heavy atom. The number of hydrogen-bond donors (Lipinski definition) is 1. The van der Waals surface area contributed by atoms with Crippen LogP contribution in [0.5, 0.6) is 0 Å². The number of urea groups is 1. The first-order chi connectivity index (χ1) is 9.60. The van der Waals surface area contributed by atoms with Gasteiger partial charge in [0.05, 0.1) is 11.7 Å². The van der Waals surface area contributed by atoms with Gasteiger partial charge in [0, 0.05) is 20.1 Å². The topological polar surface area (TPSA) is 58.1 Å². The summed E-state index contributed by atoms with van der Waals surface area (Å²) in [4.78, 5) is 13.7. The lowest BCUT2D eigenvalue weighted by Crippen LogP contribution is -2.38. The van der Waals surface area contributed by atoms with Gasteiger partial charge in [-0.15, -0.1) is 0 Å².